The van der Waals surface area contributed by atoms with Crippen molar-refractivity contribution in [3.05, 3.63) is 132 Å². The van der Waals surface area contributed by atoms with E-state index in [1.54, 1.807) is 6.08 Å². The van der Waals surface area contributed by atoms with E-state index in [0.29, 0.717) is 0 Å². The monoisotopic (exact) mass is 473 g/mol. The summed E-state index contributed by atoms with van der Waals surface area (Å²) >= 11 is 0. The summed E-state index contributed by atoms with van der Waals surface area (Å²) in [6, 6.07) is 40.6. The number of hydrogen-bond donors (Lipinski definition) is 2. The van der Waals surface area contributed by atoms with Crippen LogP contribution in [0.5, 0.6) is 0 Å². The normalized spacial score (nSPS) is 12.9. The lowest BCUT2D eigenvalue weighted by Crippen LogP contribution is -2.16. The van der Waals surface area contributed by atoms with Gasteiger partial charge in [-0.25, -0.2) is 0 Å². The van der Waals surface area contributed by atoms with Gasteiger partial charge in [0.2, 0.25) is 0 Å². The molecule has 0 unspecified atom stereocenters. The van der Waals surface area contributed by atoms with E-state index in [2.05, 4.69) is 114 Å². The molecule has 2 N–H and O–H groups in total. The predicted molar refractivity (Wildman–Crippen MR) is 157 cm³/mol. The summed E-state index contributed by atoms with van der Waals surface area (Å²) in [5, 5.41) is 23.7. The molecule has 0 bridgehead atoms. The van der Waals surface area contributed by atoms with E-state index in [1.165, 1.54) is 21.5 Å². The summed E-state index contributed by atoms with van der Waals surface area (Å²) in [6.45, 7) is 0. The molecule has 3 heteroatoms. The van der Waals surface area contributed by atoms with Crippen molar-refractivity contribution < 1.29 is 0 Å². The summed E-state index contributed by atoms with van der Waals surface area (Å²) in [5.41, 5.74) is 5.47. The minimum Gasteiger partial charge on any atom is -0.310 e. The Labute approximate surface area is 214 Å². The Balaban J connectivity index is 1.49. The van der Waals surface area contributed by atoms with Crippen molar-refractivity contribution in [2.75, 3.05) is 4.90 Å². The summed E-state index contributed by atoms with van der Waals surface area (Å²) < 4.78 is 0. The van der Waals surface area contributed by atoms with E-state index in [4.69, 9.17) is 10.8 Å². The molecule has 1 aliphatic rings. The Kier molecular flexibility index (Phi) is 4.76. The SMILES string of the molecule is N=C1C=Cc2ccc3ccc(N(c4ccc5ccccc5c4)c4ccc5ccccc5c4)cc3c2C1=N. The van der Waals surface area contributed by atoms with Crippen molar-refractivity contribution in [3.63, 3.8) is 0 Å². The number of anilines is 3. The Morgan fingerprint density at radius 2 is 0.973 bits per heavy atom. The zero-order valence-electron chi connectivity index (χ0n) is 20.1. The molecule has 1 aliphatic carbocycles. The minimum atomic E-state index is 0.242. The Morgan fingerprint density at radius 3 is 1.59 bits per heavy atom. The zero-order valence-corrected chi connectivity index (χ0v) is 20.1. The molecule has 0 aromatic heterocycles. The molecule has 0 spiro atoms. The van der Waals surface area contributed by atoms with Crippen molar-refractivity contribution in [3.8, 4) is 0 Å². The first kappa shape index (κ1) is 21.3. The number of allylic oxidation sites excluding steroid dienone is 1. The maximum atomic E-state index is 8.66. The molecule has 0 saturated heterocycles. The van der Waals surface area contributed by atoms with Crippen LogP contribution in [0.25, 0.3) is 38.4 Å². The van der Waals surface area contributed by atoms with Crippen LogP contribution in [0, 0.1) is 10.8 Å². The highest BCUT2D eigenvalue weighted by Gasteiger charge is 2.20. The van der Waals surface area contributed by atoms with Crippen molar-refractivity contribution >= 4 is 66.9 Å². The average Bonchev–Trinajstić information content (AvgIpc) is 2.94. The second kappa shape index (κ2) is 8.28. The lowest BCUT2D eigenvalue weighted by Gasteiger charge is -2.27. The molecule has 0 saturated carbocycles. The van der Waals surface area contributed by atoms with Crippen LogP contribution in [-0.2, 0) is 0 Å². The highest BCUT2D eigenvalue weighted by atomic mass is 15.1. The first-order valence-corrected chi connectivity index (χ1v) is 12.4. The van der Waals surface area contributed by atoms with Crippen molar-refractivity contribution in [1.29, 1.82) is 10.8 Å². The van der Waals surface area contributed by atoms with Crippen LogP contribution in [0.15, 0.2) is 121 Å². The lowest BCUT2D eigenvalue weighted by molar-refractivity contribution is 1.30. The molecule has 0 amide bonds. The van der Waals surface area contributed by atoms with E-state index < -0.39 is 0 Å². The van der Waals surface area contributed by atoms with Gasteiger partial charge in [0.1, 0.15) is 0 Å². The molecule has 174 valence electrons. The third-order valence-corrected chi connectivity index (χ3v) is 7.23. The quantitative estimate of drug-likeness (QED) is 0.265. The van der Waals surface area contributed by atoms with E-state index in [1.807, 2.05) is 12.1 Å². The van der Waals surface area contributed by atoms with Gasteiger partial charge in [-0.2, -0.15) is 0 Å². The van der Waals surface area contributed by atoms with Gasteiger partial charge in [-0.1, -0.05) is 84.9 Å². The summed E-state index contributed by atoms with van der Waals surface area (Å²) in [7, 11) is 0. The fraction of sp³-hybridized carbons (Fsp3) is 0. The fourth-order valence-corrected chi connectivity index (χ4v) is 5.35. The molecular weight excluding hydrogens is 450 g/mol. The predicted octanol–water partition coefficient (Wildman–Crippen LogP) is 9.03. The molecule has 0 aliphatic heterocycles. The second-order valence-corrected chi connectivity index (χ2v) is 9.46. The van der Waals surface area contributed by atoms with Gasteiger partial charge in [0, 0.05) is 22.6 Å². The third kappa shape index (κ3) is 3.52. The number of hydrogen-bond acceptors (Lipinski definition) is 3. The molecule has 0 fully saturated rings. The van der Waals surface area contributed by atoms with Crippen LogP contribution < -0.4 is 4.90 Å². The Hall–Kier alpha value is -5.02. The molecule has 3 nitrogen and oxygen atoms in total. The number of nitrogens with zero attached hydrogens (tertiary/aromatic N) is 1. The standard InChI is InChI=1S/C34H23N3/c35-32-18-14-25-10-9-24-13-17-30(21-31(24)33(25)34(32)36)37(28-15-11-22-5-1-3-7-26(22)19-28)29-16-12-23-6-2-4-8-27(23)20-29/h1-21,35-36H. The van der Waals surface area contributed by atoms with Gasteiger partial charge < -0.3 is 4.90 Å². The molecule has 6 aromatic carbocycles. The van der Waals surface area contributed by atoms with Crippen LogP contribution in [0.3, 0.4) is 0 Å². The zero-order chi connectivity index (χ0) is 24.9. The molecule has 0 radical (unpaired) electrons. The van der Waals surface area contributed by atoms with E-state index in [9.17, 15) is 0 Å². The second-order valence-electron chi connectivity index (χ2n) is 9.46. The molecule has 37 heavy (non-hydrogen) atoms. The molecule has 0 atom stereocenters. The first-order chi connectivity index (χ1) is 18.2. The van der Waals surface area contributed by atoms with Gasteiger partial charge >= 0.3 is 0 Å². The van der Waals surface area contributed by atoms with Gasteiger partial charge in [0.15, 0.2) is 0 Å². The Bertz CT molecular complexity index is 1850. The number of benzene rings is 6. The van der Waals surface area contributed by atoms with Gasteiger partial charge in [-0.05, 0) is 80.4 Å². The van der Waals surface area contributed by atoms with E-state index in [0.717, 1.165) is 39.0 Å². The molecule has 0 heterocycles. The van der Waals surface area contributed by atoms with Crippen LogP contribution in [-0.4, -0.2) is 11.4 Å². The smallest absolute Gasteiger partial charge is 0.0873 e. The van der Waals surface area contributed by atoms with Crippen molar-refractivity contribution in [1.82, 2.24) is 0 Å². The highest BCUT2D eigenvalue weighted by molar-refractivity contribution is 6.53. The van der Waals surface area contributed by atoms with E-state index in [-0.39, 0.29) is 11.4 Å². The van der Waals surface area contributed by atoms with Crippen molar-refractivity contribution in [2.24, 2.45) is 0 Å². The number of nitrogens with one attached hydrogen (secondary N) is 2. The van der Waals surface area contributed by atoms with Crippen LogP contribution in [0.4, 0.5) is 17.1 Å². The maximum absolute atomic E-state index is 8.66. The third-order valence-electron chi connectivity index (χ3n) is 7.23. The topological polar surface area (TPSA) is 50.9 Å². The van der Waals surface area contributed by atoms with Crippen LogP contribution in [0.1, 0.15) is 11.1 Å². The van der Waals surface area contributed by atoms with Crippen molar-refractivity contribution in [2.45, 2.75) is 0 Å². The molecule has 6 aromatic rings. The first-order valence-electron chi connectivity index (χ1n) is 12.4. The summed E-state index contributed by atoms with van der Waals surface area (Å²) in [5.74, 6) is 0. The van der Waals surface area contributed by atoms with Crippen LogP contribution in [0.2, 0.25) is 0 Å². The van der Waals surface area contributed by atoms with Gasteiger partial charge in [-0.3, -0.25) is 10.8 Å². The summed E-state index contributed by atoms with van der Waals surface area (Å²) in [4.78, 5) is 2.28. The van der Waals surface area contributed by atoms with E-state index >= 15 is 0 Å². The number of rotatable bonds is 3. The molecular formula is C34H23N3. The molecule has 7 rings (SSSR count). The Morgan fingerprint density at radius 1 is 0.459 bits per heavy atom. The lowest BCUT2D eigenvalue weighted by atomic mass is 9.89. The highest BCUT2D eigenvalue weighted by Crippen LogP contribution is 2.39. The fourth-order valence-electron chi connectivity index (χ4n) is 5.35. The van der Waals surface area contributed by atoms with Gasteiger partial charge in [0.05, 0.1) is 11.4 Å². The van der Waals surface area contributed by atoms with Crippen LogP contribution >= 0.6 is 0 Å². The maximum Gasteiger partial charge on any atom is 0.0873 e. The minimum absolute atomic E-state index is 0.242. The van der Waals surface area contributed by atoms with Gasteiger partial charge in [-0.15, -0.1) is 0 Å². The largest absolute Gasteiger partial charge is 0.310 e. The summed E-state index contributed by atoms with van der Waals surface area (Å²) in [6.07, 6.45) is 3.64. The van der Waals surface area contributed by atoms with Gasteiger partial charge in [0.25, 0.3) is 0 Å². The average molecular weight is 474 g/mol. The number of fused-ring (bicyclic) bond motifs is 5.